The van der Waals surface area contributed by atoms with Crippen LogP contribution < -0.4 is 19.5 Å². The number of nitrogens with zero attached hydrogens (tertiary/aromatic N) is 2. The number of ether oxygens (including phenoxy) is 2. The van der Waals surface area contributed by atoms with Gasteiger partial charge in [0.2, 0.25) is 0 Å². The molecule has 0 radical (unpaired) electrons. The highest BCUT2D eigenvalue weighted by Gasteiger charge is 2.11. The van der Waals surface area contributed by atoms with E-state index in [1.807, 2.05) is 0 Å². The van der Waals surface area contributed by atoms with Gasteiger partial charge in [-0.15, -0.1) is 0 Å². The fraction of sp³-hybridized carbons (Fsp3) is 0.125. The third-order valence-electron chi connectivity index (χ3n) is 3.49. The van der Waals surface area contributed by atoms with E-state index in [2.05, 4.69) is 20.0 Å². The third kappa shape index (κ3) is 3.78. The van der Waals surface area contributed by atoms with Gasteiger partial charge in [-0.2, -0.15) is 0 Å². The van der Waals surface area contributed by atoms with E-state index in [0.29, 0.717) is 28.5 Å². The Morgan fingerprint density at radius 2 is 1.64 bits per heavy atom. The van der Waals surface area contributed by atoms with Crippen molar-refractivity contribution in [3.63, 3.8) is 0 Å². The van der Waals surface area contributed by atoms with Crippen molar-refractivity contribution in [3.8, 4) is 11.5 Å². The van der Waals surface area contributed by atoms with Crippen molar-refractivity contribution < 1.29 is 18.2 Å². The van der Waals surface area contributed by atoms with E-state index in [0.717, 1.165) is 11.1 Å². The summed E-state index contributed by atoms with van der Waals surface area (Å²) in [6.45, 7) is 0. The first-order valence-electron chi connectivity index (χ1n) is 7.20. The second kappa shape index (κ2) is 7.32. The van der Waals surface area contributed by atoms with E-state index in [1.165, 1.54) is 6.33 Å². The number of anilines is 3. The minimum absolute atomic E-state index is 0.470. The number of hydrogen-bond donors (Lipinski definition) is 2. The van der Waals surface area contributed by atoms with E-state index in [9.17, 15) is 8.76 Å². The third-order valence-corrected chi connectivity index (χ3v) is 3.89. The van der Waals surface area contributed by atoms with E-state index in [1.54, 1.807) is 50.6 Å². The molecule has 0 aliphatic carbocycles. The molecule has 0 amide bonds. The molecule has 1 atom stereocenters. The molecule has 130 valence electrons. The molecule has 9 heteroatoms. The molecule has 0 aliphatic heterocycles. The van der Waals surface area contributed by atoms with Crippen LogP contribution in [0.4, 0.5) is 17.2 Å². The molecule has 2 aromatic carbocycles. The zero-order valence-electron chi connectivity index (χ0n) is 13.5. The van der Waals surface area contributed by atoms with Crippen LogP contribution in [0.5, 0.6) is 11.5 Å². The SMILES string of the molecule is COc1cc2ncnc(Nc3ccc(NS(=O)[O-])cc3)c2cc1OC. The van der Waals surface area contributed by atoms with Gasteiger partial charge in [-0.3, -0.25) is 4.21 Å². The summed E-state index contributed by atoms with van der Waals surface area (Å²) < 4.78 is 34.2. The smallest absolute Gasteiger partial charge is 0.162 e. The van der Waals surface area contributed by atoms with Gasteiger partial charge in [0.05, 0.1) is 19.7 Å². The molecule has 3 aromatic rings. The highest BCUT2D eigenvalue weighted by molar-refractivity contribution is 7.80. The average molecular weight is 359 g/mol. The molecule has 0 fully saturated rings. The van der Waals surface area contributed by atoms with Gasteiger partial charge >= 0.3 is 0 Å². The second-order valence-corrected chi connectivity index (χ2v) is 5.66. The summed E-state index contributed by atoms with van der Waals surface area (Å²) in [5.74, 6) is 1.75. The Labute approximate surface area is 146 Å². The Hall–Kier alpha value is -2.91. The number of fused-ring (bicyclic) bond motifs is 1. The van der Waals surface area contributed by atoms with Gasteiger partial charge in [0, 0.05) is 34.1 Å². The highest BCUT2D eigenvalue weighted by Crippen LogP contribution is 2.34. The molecular formula is C16H15N4O4S-. The zero-order valence-corrected chi connectivity index (χ0v) is 14.3. The van der Waals surface area contributed by atoms with Crippen molar-refractivity contribution in [1.29, 1.82) is 0 Å². The van der Waals surface area contributed by atoms with Crippen molar-refractivity contribution in [2.75, 3.05) is 24.3 Å². The van der Waals surface area contributed by atoms with Gasteiger partial charge in [0.15, 0.2) is 11.5 Å². The van der Waals surface area contributed by atoms with Crippen LogP contribution >= 0.6 is 0 Å². The van der Waals surface area contributed by atoms with Crippen LogP contribution in [-0.2, 0) is 11.3 Å². The predicted octanol–water partition coefficient (Wildman–Crippen LogP) is 2.60. The van der Waals surface area contributed by atoms with E-state index in [4.69, 9.17) is 9.47 Å². The Morgan fingerprint density at radius 3 is 2.28 bits per heavy atom. The Morgan fingerprint density at radius 1 is 1.00 bits per heavy atom. The summed E-state index contributed by atoms with van der Waals surface area (Å²) in [5.41, 5.74) is 1.92. The van der Waals surface area contributed by atoms with E-state index >= 15 is 0 Å². The summed E-state index contributed by atoms with van der Waals surface area (Å²) in [6, 6.07) is 10.3. The maximum absolute atomic E-state index is 10.6. The van der Waals surface area contributed by atoms with Crippen molar-refractivity contribution in [2.24, 2.45) is 0 Å². The monoisotopic (exact) mass is 359 g/mol. The van der Waals surface area contributed by atoms with Crippen LogP contribution in [0.1, 0.15) is 0 Å². The van der Waals surface area contributed by atoms with Gasteiger partial charge < -0.3 is 24.1 Å². The van der Waals surface area contributed by atoms with Crippen LogP contribution in [0.2, 0.25) is 0 Å². The fourth-order valence-electron chi connectivity index (χ4n) is 2.34. The molecule has 8 nitrogen and oxygen atoms in total. The molecule has 1 aromatic heterocycles. The Kier molecular flexibility index (Phi) is 4.96. The first kappa shape index (κ1) is 16.9. The molecule has 2 N–H and O–H groups in total. The summed E-state index contributed by atoms with van der Waals surface area (Å²) in [6.07, 6.45) is 1.45. The first-order chi connectivity index (χ1) is 12.1. The predicted molar refractivity (Wildman–Crippen MR) is 94.9 cm³/mol. The first-order valence-corrected chi connectivity index (χ1v) is 8.28. The number of benzene rings is 2. The molecule has 0 saturated carbocycles. The van der Waals surface area contributed by atoms with Gasteiger partial charge in [-0.25, -0.2) is 9.97 Å². The van der Waals surface area contributed by atoms with Crippen molar-refractivity contribution in [3.05, 3.63) is 42.7 Å². The number of nitrogens with one attached hydrogen (secondary N) is 2. The molecule has 0 spiro atoms. The van der Waals surface area contributed by atoms with Crippen LogP contribution in [0.15, 0.2) is 42.7 Å². The molecule has 0 bridgehead atoms. The number of aromatic nitrogens is 2. The number of methoxy groups -OCH3 is 2. The summed E-state index contributed by atoms with van der Waals surface area (Å²) >= 11 is -2.35. The van der Waals surface area contributed by atoms with E-state index in [-0.39, 0.29) is 0 Å². The zero-order chi connectivity index (χ0) is 17.8. The number of rotatable bonds is 6. The van der Waals surface area contributed by atoms with Crippen molar-refractivity contribution in [1.82, 2.24) is 9.97 Å². The Balaban J connectivity index is 1.94. The maximum Gasteiger partial charge on any atom is 0.162 e. The lowest BCUT2D eigenvalue weighted by molar-refractivity contribution is 0.356. The van der Waals surface area contributed by atoms with Gasteiger partial charge in [0.25, 0.3) is 0 Å². The molecular weight excluding hydrogens is 344 g/mol. The topological polar surface area (TPSA) is 108 Å². The average Bonchev–Trinajstić information content (AvgIpc) is 2.62. The fourth-order valence-corrected chi connectivity index (χ4v) is 2.67. The molecule has 0 saturated heterocycles. The standard InChI is InChI=1S/C16H16N4O4S/c1-23-14-7-12-13(8-15(14)24-2)17-9-18-16(12)19-10-3-5-11(6-4-10)20-25(21)22/h3-9,20H,1-2H3,(H,21,22)(H,17,18,19)/p-1. The number of hydrogen-bond acceptors (Lipinski definition) is 7. The van der Waals surface area contributed by atoms with Crippen LogP contribution in [0, 0.1) is 0 Å². The van der Waals surface area contributed by atoms with Crippen molar-refractivity contribution in [2.45, 2.75) is 0 Å². The summed E-state index contributed by atoms with van der Waals surface area (Å²) in [7, 11) is 3.13. The highest BCUT2D eigenvalue weighted by atomic mass is 32.2. The minimum atomic E-state index is -2.35. The summed E-state index contributed by atoms with van der Waals surface area (Å²) in [5, 5.41) is 3.95. The minimum Gasteiger partial charge on any atom is -0.755 e. The second-order valence-electron chi connectivity index (χ2n) is 4.99. The normalized spacial score (nSPS) is 11.8. The maximum atomic E-state index is 10.6. The lowest BCUT2D eigenvalue weighted by atomic mass is 10.2. The van der Waals surface area contributed by atoms with Crippen molar-refractivity contribution >= 4 is 39.4 Å². The molecule has 1 heterocycles. The lowest BCUT2D eigenvalue weighted by Crippen LogP contribution is -2.02. The molecule has 0 aliphatic rings. The molecule has 3 rings (SSSR count). The largest absolute Gasteiger partial charge is 0.755 e. The lowest BCUT2D eigenvalue weighted by Gasteiger charge is -2.13. The Bertz CT molecular complexity index is 918. The molecule has 25 heavy (non-hydrogen) atoms. The van der Waals surface area contributed by atoms with Crippen LogP contribution in [0.25, 0.3) is 10.9 Å². The quantitative estimate of drug-likeness (QED) is 0.651. The van der Waals surface area contributed by atoms with Gasteiger partial charge in [-0.1, -0.05) is 0 Å². The van der Waals surface area contributed by atoms with E-state index < -0.39 is 11.3 Å². The van der Waals surface area contributed by atoms with Gasteiger partial charge in [-0.05, 0) is 30.3 Å². The van der Waals surface area contributed by atoms with Crippen LogP contribution in [-0.4, -0.2) is 32.9 Å². The molecule has 1 unspecified atom stereocenters. The summed E-state index contributed by atoms with van der Waals surface area (Å²) in [4.78, 5) is 8.52. The van der Waals surface area contributed by atoms with Gasteiger partial charge in [0.1, 0.15) is 12.1 Å². The van der Waals surface area contributed by atoms with Crippen LogP contribution in [0.3, 0.4) is 0 Å².